The zero-order chi connectivity index (χ0) is 21.0. The van der Waals surface area contributed by atoms with E-state index in [0.717, 1.165) is 6.07 Å². The smallest absolute Gasteiger partial charge is 0.255 e. The van der Waals surface area contributed by atoms with Gasteiger partial charge in [0, 0.05) is 44.9 Å². The van der Waals surface area contributed by atoms with Crippen molar-refractivity contribution in [1.29, 1.82) is 0 Å². The molecule has 0 radical (unpaired) electrons. The van der Waals surface area contributed by atoms with E-state index in [-0.39, 0.29) is 28.3 Å². The Balaban J connectivity index is 1.44. The zero-order valence-electron chi connectivity index (χ0n) is 16.5. The Kier molecular flexibility index (Phi) is 6.84. The van der Waals surface area contributed by atoms with Gasteiger partial charge in [-0.1, -0.05) is 30.6 Å². The monoisotopic (exact) mass is 422 g/mol. The molecule has 0 saturated carbocycles. The molecule has 0 bridgehead atoms. The summed E-state index contributed by atoms with van der Waals surface area (Å²) >= 11 is 5.98. The van der Waals surface area contributed by atoms with Crippen molar-refractivity contribution in [2.75, 3.05) is 26.2 Å². The Morgan fingerprint density at radius 3 is 2.52 bits per heavy atom. The third-order valence-corrected chi connectivity index (χ3v) is 5.18. The summed E-state index contributed by atoms with van der Waals surface area (Å²) in [6.45, 7) is 5.74. The first-order valence-corrected chi connectivity index (χ1v) is 10.1. The molecule has 0 unspecified atom stereocenters. The molecule has 3 rings (SSSR count). The Morgan fingerprint density at radius 1 is 1.21 bits per heavy atom. The summed E-state index contributed by atoms with van der Waals surface area (Å²) in [5, 5.41) is 4.01. The molecular weight excluding hydrogens is 399 g/mol. The molecule has 0 atom stereocenters. The lowest BCUT2D eigenvalue weighted by Crippen LogP contribution is -2.50. The molecular formula is C20H24ClFN4O3. The molecule has 29 heavy (non-hydrogen) atoms. The average molecular weight is 423 g/mol. The maximum absolute atomic E-state index is 13.2. The Hall–Kier alpha value is -2.48. The molecule has 2 aromatic rings. The van der Waals surface area contributed by atoms with Crippen LogP contribution >= 0.6 is 11.6 Å². The van der Waals surface area contributed by atoms with Crippen molar-refractivity contribution in [3.63, 3.8) is 0 Å². The minimum absolute atomic E-state index is 0.0421. The number of hydrogen-bond donors (Lipinski definition) is 0. The van der Waals surface area contributed by atoms with Gasteiger partial charge in [0.2, 0.25) is 11.8 Å². The molecule has 1 aromatic heterocycles. The van der Waals surface area contributed by atoms with Crippen molar-refractivity contribution in [2.24, 2.45) is 0 Å². The molecule has 1 fully saturated rings. The quantitative estimate of drug-likeness (QED) is 0.713. The van der Waals surface area contributed by atoms with Crippen molar-refractivity contribution < 1.29 is 18.5 Å². The Labute approximate surface area is 173 Å². The van der Waals surface area contributed by atoms with Gasteiger partial charge in [-0.3, -0.25) is 9.59 Å². The fourth-order valence-electron chi connectivity index (χ4n) is 3.15. The lowest BCUT2D eigenvalue weighted by atomic mass is 10.1. The van der Waals surface area contributed by atoms with E-state index in [1.54, 1.807) is 9.80 Å². The van der Waals surface area contributed by atoms with E-state index in [4.69, 9.17) is 16.1 Å². The number of carbonyl (C=O) groups is 2. The second-order valence-electron chi connectivity index (χ2n) is 7.35. The summed E-state index contributed by atoms with van der Waals surface area (Å²) in [5.74, 6) is 0.738. The van der Waals surface area contributed by atoms with E-state index in [1.807, 2.05) is 13.8 Å². The van der Waals surface area contributed by atoms with Gasteiger partial charge in [-0.05, 0) is 24.6 Å². The fourth-order valence-corrected chi connectivity index (χ4v) is 3.39. The van der Waals surface area contributed by atoms with Crippen LogP contribution in [-0.4, -0.2) is 57.9 Å². The molecule has 156 valence electrons. The second-order valence-corrected chi connectivity index (χ2v) is 7.76. The minimum atomic E-state index is -0.483. The molecule has 7 nitrogen and oxygen atoms in total. The van der Waals surface area contributed by atoms with Crippen molar-refractivity contribution in [3.05, 3.63) is 46.3 Å². The van der Waals surface area contributed by atoms with Gasteiger partial charge in [0.15, 0.2) is 5.82 Å². The number of carbonyl (C=O) groups excluding carboxylic acids is 2. The molecule has 9 heteroatoms. The van der Waals surface area contributed by atoms with Gasteiger partial charge in [0.25, 0.3) is 5.91 Å². The standard InChI is InChI=1S/C20H24ClFN4O3/c1-13(2)19-23-17(29-24-19)4-3-5-18(27)25-8-10-26(11-9-25)20(28)15-7-6-14(22)12-16(15)21/h6-7,12-13H,3-5,8-11H2,1-2H3. The van der Waals surface area contributed by atoms with E-state index in [2.05, 4.69) is 10.1 Å². The Morgan fingerprint density at radius 2 is 1.90 bits per heavy atom. The predicted molar refractivity (Wildman–Crippen MR) is 105 cm³/mol. The number of hydrogen-bond acceptors (Lipinski definition) is 5. The van der Waals surface area contributed by atoms with Gasteiger partial charge in [0.1, 0.15) is 5.82 Å². The highest BCUT2D eigenvalue weighted by atomic mass is 35.5. The number of nitrogens with zero attached hydrogens (tertiary/aromatic N) is 4. The van der Waals surface area contributed by atoms with Gasteiger partial charge in [-0.25, -0.2) is 4.39 Å². The van der Waals surface area contributed by atoms with E-state index >= 15 is 0 Å². The molecule has 1 saturated heterocycles. The maximum Gasteiger partial charge on any atom is 0.255 e. The minimum Gasteiger partial charge on any atom is -0.339 e. The van der Waals surface area contributed by atoms with E-state index in [0.29, 0.717) is 57.2 Å². The Bertz CT molecular complexity index is 878. The van der Waals surface area contributed by atoms with Crippen LogP contribution in [0.4, 0.5) is 4.39 Å². The number of rotatable bonds is 6. The van der Waals surface area contributed by atoms with Crippen LogP contribution < -0.4 is 0 Å². The first-order chi connectivity index (χ1) is 13.8. The predicted octanol–water partition coefficient (Wildman–Crippen LogP) is 3.29. The number of piperazine rings is 1. The summed E-state index contributed by atoms with van der Waals surface area (Å²) in [5.41, 5.74) is 0.271. The number of benzene rings is 1. The van der Waals surface area contributed by atoms with Gasteiger partial charge < -0.3 is 14.3 Å². The van der Waals surface area contributed by atoms with Crippen LogP contribution in [0.25, 0.3) is 0 Å². The zero-order valence-corrected chi connectivity index (χ0v) is 17.3. The van der Waals surface area contributed by atoms with Gasteiger partial charge in [0.05, 0.1) is 10.6 Å². The maximum atomic E-state index is 13.2. The molecule has 2 heterocycles. The normalized spacial score (nSPS) is 14.5. The first-order valence-electron chi connectivity index (χ1n) is 9.69. The highest BCUT2D eigenvalue weighted by molar-refractivity contribution is 6.33. The van der Waals surface area contributed by atoms with Crippen molar-refractivity contribution in [1.82, 2.24) is 19.9 Å². The fraction of sp³-hybridized carbons (Fsp3) is 0.500. The number of halogens is 2. The average Bonchev–Trinajstić information content (AvgIpc) is 3.17. The SMILES string of the molecule is CC(C)c1noc(CCCC(=O)N2CCN(C(=O)c3ccc(F)cc3Cl)CC2)n1. The first kappa shape index (κ1) is 21.2. The topological polar surface area (TPSA) is 79.5 Å². The van der Waals surface area contributed by atoms with Crippen LogP contribution in [0.5, 0.6) is 0 Å². The third kappa shape index (κ3) is 5.32. The van der Waals surface area contributed by atoms with Crippen molar-refractivity contribution in [3.8, 4) is 0 Å². The van der Waals surface area contributed by atoms with Crippen molar-refractivity contribution >= 4 is 23.4 Å². The highest BCUT2D eigenvalue weighted by Crippen LogP contribution is 2.20. The summed E-state index contributed by atoms with van der Waals surface area (Å²) < 4.78 is 18.4. The van der Waals surface area contributed by atoms with Crippen LogP contribution in [0, 0.1) is 5.82 Å². The summed E-state index contributed by atoms with van der Waals surface area (Å²) in [4.78, 5) is 32.7. The molecule has 1 aliphatic heterocycles. The van der Waals surface area contributed by atoms with Gasteiger partial charge in [-0.2, -0.15) is 4.98 Å². The summed E-state index contributed by atoms with van der Waals surface area (Å²) in [6.07, 6.45) is 1.58. The molecule has 1 aromatic carbocycles. The molecule has 0 spiro atoms. The van der Waals surface area contributed by atoms with Crippen LogP contribution in [0.3, 0.4) is 0 Å². The number of aryl methyl sites for hydroxylation is 1. The van der Waals surface area contributed by atoms with E-state index in [9.17, 15) is 14.0 Å². The lowest BCUT2D eigenvalue weighted by Gasteiger charge is -2.35. The molecule has 0 N–H and O–H groups in total. The van der Waals surface area contributed by atoms with Crippen LogP contribution in [0.1, 0.15) is 54.7 Å². The van der Waals surface area contributed by atoms with Crippen LogP contribution in [0.15, 0.2) is 22.7 Å². The summed E-state index contributed by atoms with van der Waals surface area (Å²) in [7, 11) is 0. The number of aromatic nitrogens is 2. The van der Waals surface area contributed by atoms with Gasteiger partial charge >= 0.3 is 0 Å². The van der Waals surface area contributed by atoms with Crippen molar-refractivity contribution in [2.45, 2.75) is 39.0 Å². The van der Waals surface area contributed by atoms with E-state index < -0.39 is 5.82 Å². The molecule has 1 aliphatic rings. The third-order valence-electron chi connectivity index (χ3n) is 4.86. The van der Waals surface area contributed by atoms with Crippen LogP contribution in [0.2, 0.25) is 5.02 Å². The number of amides is 2. The largest absolute Gasteiger partial charge is 0.339 e. The molecule has 2 amide bonds. The summed E-state index contributed by atoms with van der Waals surface area (Å²) in [6, 6.07) is 3.73. The lowest BCUT2D eigenvalue weighted by molar-refractivity contribution is -0.132. The van der Waals surface area contributed by atoms with Gasteiger partial charge in [-0.15, -0.1) is 0 Å². The van der Waals surface area contributed by atoms with E-state index in [1.165, 1.54) is 12.1 Å². The van der Waals surface area contributed by atoms with Crippen LogP contribution in [-0.2, 0) is 11.2 Å². The second kappa shape index (κ2) is 9.35. The molecule has 0 aliphatic carbocycles. The highest BCUT2D eigenvalue weighted by Gasteiger charge is 2.26.